The average molecular weight is 829 g/mol. The molecule has 0 aliphatic heterocycles. The maximum atomic E-state index is 12.4. The molecule has 0 saturated heterocycles. The second-order valence-electron chi connectivity index (χ2n) is 15.4. The standard InChI is InChI=1S/C46H85O10P/c1-3-5-7-9-11-13-15-17-19-21-23-25-27-29-31-33-35-37-45(49)55-43(39-47)41-53-57(51,52)54-42-44(40-48)56-46(50)38-36-34-32-30-28-26-24-22-20-18-16-14-12-10-8-6-4-2/h5,7,11,13,17,19,43-44,47-48H,3-4,6,8-10,12,14-16,18,20-42H2,1-2H3,(H,51,52)/b7-5-,13-11-,19-17-. The Morgan fingerprint density at radius 2 is 0.825 bits per heavy atom. The number of aliphatic hydroxyl groups is 2. The number of hydrogen-bond donors (Lipinski definition) is 3. The molecule has 11 heteroatoms. The zero-order chi connectivity index (χ0) is 41.9. The molecule has 0 radical (unpaired) electrons. The van der Waals surface area contributed by atoms with Gasteiger partial charge in [0.05, 0.1) is 26.4 Å². The monoisotopic (exact) mass is 829 g/mol. The van der Waals surface area contributed by atoms with Gasteiger partial charge in [-0.05, 0) is 44.9 Å². The van der Waals surface area contributed by atoms with Gasteiger partial charge >= 0.3 is 19.8 Å². The maximum absolute atomic E-state index is 12.4. The second kappa shape index (κ2) is 42.3. The predicted molar refractivity (Wildman–Crippen MR) is 233 cm³/mol. The number of esters is 2. The first-order valence-corrected chi connectivity index (χ1v) is 24.4. The number of hydrogen-bond acceptors (Lipinski definition) is 9. The summed E-state index contributed by atoms with van der Waals surface area (Å²) >= 11 is 0. The molecule has 0 aliphatic carbocycles. The van der Waals surface area contributed by atoms with Crippen molar-refractivity contribution in [3.8, 4) is 0 Å². The van der Waals surface area contributed by atoms with E-state index in [0.717, 1.165) is 70.6 Å². The third-order valence-corrected chi connectivity index (χ3v) is 10.8. The quantitative estimate of drug-likeness (QED) is 0.0235. The summed E-state index contributed by atoms with van der Waals surface area (Å²) in [6.45, 7) is 2.11. The van der Waals surface area contributed by atoms with E-state index in [0.29, 0.717) is 12.8 Å². The number of allylic oxidation sites excluding steroid dienone is 6. The lowest BCUT2D eigenvalue weighted by molar-refractivity contribution is -0.153. The van der Waals surface area contributed by atoms with Crippen LogP contribution >= 0.6 is 7.82 Å². The number of unbranched alkanes of at least 4 members (excludes halogenated alkanes) is 23. The molecule has 0 bridgehead atoms. The fourth-order valence-corrected chi connectivity index (χ4v) is 7.15. The molecule has 0 rings (SSSR count). The van der Waals surface area contributed by atoms with Crippen LogP contribution in [0.5, 0.6) is 0 Å². The van der Waals surface area contributed by atoms with Gasteiger partial charge in [0.25, 0.3) is 0 Å². The van der Waals surface area contributed by atoms with Crippen molar-refractivity contribution in [1.29, 1.82) is 0 Å². The topological polar surface area (TPSA) is 149 Å². The number of rotatable bonds is 43. The fraction of sp³-hybridized carbons (Fsp3) is 0.826. The normalized spacial score (nSPS) is 14.1. The summed E-state index contributed by atoms with van der Waals surface area (Å²) in [5.74, 6) is -1.02. The second-order valence-corrected chi connectivity index (χ2v) is 16.8. The van der Waals surface area contributed by atoms with Gasteiger partial charge in [-0.2, -0.15) is 0 Å². The Bertz CT molecular complexity index is 1050. The summed E-state index contributed by atoms with van der Waals surface area (Å²) in [6.07, 6.45) is 44.0. The Morgan fingerprint density at radius 1 is 0.491 bits per heavy atom. The van der Waals surface area contributed by atoms with Gasteiger partial charge in [0.15, 0.2) is 0 Å². The molecule has 0 fully saturated rings. The third-order valence-electron chi connectivity index (χ3n) is 9.87. The molecule has 57 heavy (non-hydrogen) atoms. The van der Waals surface area contributed by atoms with Crippen LogP contribution in [0.1, 0.15) is 206 Å². The Morgan fingerprint density at radius 3 is 1.19 bits per heavy atom. The van der Waals surface area contributed by atoms with Crippen molar-refractivity contribution in [3.05, 3.63) is 36.5 Å². The molecule has 0 saturated carbocycles. The number of aliphatic hydroxyl groups excluding tert-OH is 2. The molecule has 3 unspecified atom stereocenters. The van der Waals surface area contributed by atoms with Crippen LogP contribution in [0.2, 0.25) is 0 Å². The Labute approximate surface area is 348 Å². The molecule has 0 amide bonds. The van der Waals surface area contributed by atoms with Crippen molar-refractivity contribution in [2.24, 2.45) is 0 Å². The minimum atomic E-state index is -4.64. The number of carbonyl (C=O) groups excluding carboxylic acids is 2. The lowest BCUT2D eigenvalue weighted by atomic mass is 10.0. The van der Waals surface area contributed by atoms with Crippen LogP contribution in [0.4, 0.5) is 0 Å². The van der Waals surface area contributed by atoms with Gasteiger partial charge in [0, 0.05) is 12.8 Å². The summed E-state index contributed by atoms with van der Waals surface area (Å²) < 4.78 is 32.6. The smallest absolute Gasteiger partial charge is 0.457 e. The largest absolute Gasteiger partial charge is 0.472 e. The average Bonchev–Trinajstić information content (AvgIpc) is 3.20. The first-order chi connectivity index (χ1) is 27.8. The predicted octanol–water partition coefficient (Wildman–Crippen LogP) is 12.3. The van der Waals surface area contributed by atoms with Crippen LogP contribution in [-0.4, -0.2) is 65.7 Å². The molecule has 0 aromatic rings. The number of carbonyl (C=O) groups is 2. The highest BCUT2D eigenvalue weighted by atomic mass is 31.2. The third kappa shape index (κ3) is 40.7. The van der Waals surface area contributed by atoms with Crippen molar-refractivity contribution in [3.63, 3.8) is 0 Å². The Kier molecular flexibility index (Phi) is 41.0. The molecule has 0 aromatic carbocycles. The van der Waals surface area contributed by atoms with Crippen molar-refractivity contribution in [2.75, 3.05) is 26.4 Å². The molecule has 10 nitrogen and oxygen atoms in total. The van der Waals surface area contributed by atoms with Crippen molar-refractivity contribution < 1.29 is 47.8 Å². The summed E-state index contributed by atoms with van der Waals surface area (Å²) in [7, 11) is -4.64. The van der Waals surface area contributed by atoms with Crippen LogP contribution in [0.3, 0.4) is 0 Å². The van der Waals surface area contributed by atoms with Gasteiger partial charge in [-0.3, -0.25) is 18.6 Å². The molecule has 0 aromatic heterocycles. The molecule has 0 spiro atoms. The SMILES string of the molecule is CC/C=C\C/C=C\C/C=C\CCCCCCCCCC(=O)OC(CO)COP(=O)(O)OCC(CO)OC(=O)CCCCCCCCCCCCCCCCCCC. The highest BCUT2D eigenvalue weighted by molar-refractivity contribution is 7.47. The summed E-state index contributed by atoms with van der Waals surface area (Å²) in [4.78, 5) is 34.6. The summed E-state index contributed by atoms with van der Waals surface area (Å²) in [5, 5.41) is 19.2. The first kappa shape index (κ1) is 55.2. The van der Waals surface area contributed by atoms with E-state index in [4.69, 9.17) is 18.5 Å². The Hall–Kier alpha value is -1.81. The lowest BCUT2D eigenvalue weighted by Crippen LogP contribution is -2.28. The minimum Gasteiger partial charge on any atom is -0.457 e. The van der Waals surface area contributed by atoms with Crippen LogP contribution in [0.15, 0.2) is 36.5 Å². The molecule has 3 atom stereocenters. The van der Waals surface area contributed by atoms with E-state index in [1.54, 1.807) is 0 Å². The van der Waals surface area contributed by atoms with Gasteiger partial charge in [-0.1, -0.05) is 185 Å². The summed E-state index contributed by atoms with van der Waals surface area (Å²) in [5.41, 5.74) is 0. The minimum absolute atomic E-state index is 0.181. The number of ether oxygens (including phenoxy) is 2. The zero-order valence-electron chi connectivity index (χ0n) is 36.3. The maximum Gasteiger partial charge on any atom is 0.472 e. The molecular weight excluding hydrogens is 743 g/mol. The van der Waals surface area contributed by atoms with Gasteiger partial charge in [-0.15, -0.1) is 0 Å². The first-order valence-electron chi connectivity index (χ1n) is 22.9. The summed E-state index contributed by atoms with van der Waals surface area (Å²) in [6, 6.07) is 0. The van der Waals surface area contributed by atoms with E-state index in [-0.39, 0.29) is 12.8 Å². The van der Waals surface area contributed by atoms with Gasteiger partial charge in [0.2, 0.25) is 0 Å². The van der Waals surface area contributed by atoms with E-state index in [2.05, 4.69) is 50.3 Å². The highest BCUT2D eigenvalue weighted by Crippen LogP contribution is 2.43. The van der Waals surface area contributed by atoms with E-state index in [1.165, 1.54) is 96.3 Å². The molecule has 0 heterocycles. The molecule has 0 aliphatic rings. The Balaban J connectivity index is 3.89. The van der Waals surface area contributed by atoms with Crippen molar-refractivity contribution in [1.82, 2.24) is 0 Å². The van der Waals surface area contributed by atoms with Crippen LogP contribution < -0.4 is 0 Å². The van der Waals surface area contributed by atoms with Gasteiger partial charge in [0.1, 0.15) is 12.2 Å². The van der Waals surface area contributed by atoms with Crippen molar-refractivity contribution >= 4 is 19.8 Å². The molecule has 334 valence electrons. The van der Waals surface area contributed by atoms with Crippen LogP contribution in [-0.2, 0) is 32.7 Å². The fourth-order valence-electron chi connectivity index (χ4n) is 6.37. The number of phosphoric ester groups is 1. The number of phosphoric acid groups is 1. The van der Waals surface area contributed by atoms with E-state index in [1.807, 2.05) is 0 Å². The van der Waals surface area contributed by atoms with Gasteiger partial charge in [-0.25, -0.2) is 4.57 Å². The van der Waals surface area contributed by atoms with Crippen LogP contribution in [0, 0.1) is 0 Å². The van der Waals surface area contributed by atoms with E-state index >= 15 is 0 Å². The van der Waals surface area contributed by atoms with Crippen LogP contribution in [0.25, 0.3) is 0 Å². The lowest BCUT2D eigenvalue weighted by Gasteiger charge is -2.20. The highest BCUT2D eigenvalue weighted by Gasteiger charge is 2.27. The zero-order valence-corrected chi connectivity index (χ0v) is 37.2. The van der Waals surface area contributed by atoms with Crippen molar-refractivity contribution in [2.45, 2.75) is 219 Å². The van der Waals surface area contributed by atoms with E-state index in [9.17, 15) is 29.3 Å². The van der Waals surface area contributed by atoms with E-state index < -0.39 is 58.4 Å². The molecule has 3 N–H and O–H groups in total. The van der Waals surface area contributed by atoms with Gasteiger partial charge < -0.3 is 24.6 Å². The molecular formula is C46H85O10P.